The van der Waals surface area contributed by atoms with Gasteiger partial charge in [0, 0.05) is 38.0 Å². The predicted octanol–water partition coefficient (Wildman–Crippen LogP) is 3.47. The van der Waals surface area contributed by atoms with Gasteiger partial charge in [0.1, 0.15) is 12.4 Å². The van der Waals surface area contributed by atoms with E-state index >= 15 is 0 Å². The molecule has 1 atom stereocenters. The molecule has 1 unspecified atom stereocenters. The van der Waals surface area contributed by atoms with Gasteiger partial charge in [0.05, 0.1) is 17.6 Å². The van der Waals surface area contributed by atoms with Crippen LogP contribution in [-0.4, -0.2) is 35.1 Å². The summed E-state index contributed by atoms with van der Waals surface area (Å²) in [6.07, 6.45) is 7.45. The number of anilines is 1. The third kappa shape index (κ3) is 4.24. The van der Waals surface area contributed by atoms with E-state index in [9.17, 15) is 19.2 Å². The predicted molar refractivity (Wildman–Crippen MR) is 120 cm³/mol. The molecule has 2 aliphatic heterocycles. The van der Waals surface area contributed by atoms with Gasteiger partial charge in [-0.3, -0.25) is 24.1 Å². The number of amides is 4. The van der Waals surface area contributed by atoms with Crippen molar-refractivity contribution in [2.24, 2.45) is 0 Å². The number of carbonyl (C=O) groups is 4. The van der Waals surface area contributed by atoms with Crippen LogP contribution in [0.5, 0.6) is 5.75 Å². The molecule has 1 aromatic rings. The molecule has 4 rings (SSSR count). The fourth-order valence-electron chi connectivity index (χ4n) is 4.24. The number of nitrogens with zero attached hydrogens (tertiary/aromatic N) is 2. The van der Waals surface area contributed by atoms with Gasteiger partial charge in [-0.15, -0.1) is 0 Å². The first-order chi connectivity index (χ1) is 15.9. The van der Waals surface area contributed by atoms with Crippen molar-refractivity contribution in [1.29, 1.82) is 0 Å². The van der Waals surface area contributed by atoms with E-state index in [1.807, 2.05) is 12.1 Å². The number of benzene rings is 1. The highest BCUT2D eigenvalue weighted by molar-refractivity contribution is 6.20. The van der Waals surface area contributed by atoms with Gasteiger partial charge in [0.15, 0.2) is 5.75 Å². The summed E-state index contributed by atoms with van der Waals surface area (Å²) in [4.78, 5) is 51.9. The van der Waals surface area contributed by atoms with Gasteiger partial charge in [-0.05, 0) is 23.8 Å². The lowest BCUT2D eigenvalue weighted by Gasteiger charge is -2.28. The molecule has 170 valence electrons. The standard InChI is InChI=1S/C25H24N2O6/c1-3-13-33-21-8-6-17(15-19(21)27-24(30)11-12-25(27)31)16-5-7-20(32-4-2)18(14-16)26-22(28)9-10-23(26)29/h3-8,14,17H,1-2,9-13,15H2. The molecule has 0 bridgehead atoms. The Kier molecular flexibility index (Phi) is 6.26. The molecule has 0 spiro atoms. The molecule has 2 saturated heterocycles. The van der Waals surface area contributed by atoms with E-state index in [2.05, 4.69) is 13.2 Å². The van der Waals surface area contributed by atoms with Crippen molar-refractivity contribution in [1.82, 2.24) is 4.90 Å². The quantitative estimate of drug-likeness (QED) is 0.344. The molecule has 2 heterocycles. The van der Waals surface area contributed by atoms with Gasteiger partial charge >= 0.3 is 0 Å². The zero-order valence-electron chi connectivity index (χ0n) is 18.1. The molecule has 8 nitrogen and oxygen atoms in total. The van der Waals surface area contributed by atoms with Gasteiger partial charge in [0.2, 0.25) is 23.6 Å². The van der Waals surface area contributed by atoms with Gasteiger partial charge in [-0.2, -0.15) is 0 Å². The van der Waals surface area contributed by atoms with Crippen molar-refractivity contribution < 1.29 is 28.7 Å². The van der Waals surface area contributed by atoms with Crippen LogP contribution in [0.25, 0.3) is 0 Å². The second-order valence-electron chi connectivity index (χ2n) is 7.84. The van der Waals surface area contributed by atoms with Crippen LogP contribution in [0.1, 0.15) is 43.6 Å². The smallest absolute Gasteiger partial charge is 0.234 e. The molecule has 1 aromatic carbocycles. The third-order valence-electron chi connectivity index (χ3n) is 5.77. The van der Waals surface area contributed by atoms with Crippen molar-refractivity contribution in [3.8, 4) is 5.75 Å². The Morgan fingerprint density at radius 3 is 2.18 bits per heavy atom. The molecule has 0 aromatic heterocycles. The van der Waals surface area contributed by atoms with Crippen molar-refractivity contribution >= 4 is 29.3 Å². The van der Waals surface area contributed by atoms with E-state index in [0.29, 0.717) is 29.3 Å². The van der Waals surface area contributed by atoms with Gasteiger partial charge in [-0.1, -0.05) is 31.4 Å². The first-order valence-corrected chi connectivity index (χ1v) is 10.7. The fourth-order valence-corrected chi connectivity index (χ4v) is 4.24. The molecule has 33 heavy (non-hydrogen) atoms. The van der Waals surface area contributed by atoms with Gasteiger partial charge in [-0.25, -0.2) is 4.90 Å². The van der Waals surface area contributed by atoms with Crippen molar-refractivity contribution in [2.45, 2.75) is 38.0 Å². The monoisotopic (exact) mass is 448 g/mol. The average molecular weight is 448 g/mol. The molecule has 2 fully saturated rings. The summed E-state index contributed by atoms with van der Waals surface area (Å²) >= 11 is 0. The van der Waals surface area contributed by atoms with Crippen LogP contribution < -0.4 is 9.64 Å². The van der Waals surface area contributed by atoms with E-state index in [1.54, 1.807) is 24.3 Å². The average Bonchev–Trinajstić information content (AvgIpc) is 3.32. The summed E-state index contributed by atoms with van der Waals surface area (Å²) in [7, 11) is 0. The van der Waals surface area contributed by atoms with Crippen molar-refractivity contribution in [3.63, 3.8) is 0 Å². The van der Waals surface area contributed by atoms with E-state index in [0.717, 1.165) is 10.5 Å². The first kappa shape index (κ1) is 22.3. The molecule has 4 amide bonds. The molecular weight excluding hydrogens is 424 g/mol. The molecular formula is C25H24N2O6. The van der Waals surface area contributed by atoms with Crippen LogP contribution >= 0.6 is 0 Å². The molecule has 3 aliphatic rings. The lowest BCUT2D eigenvalue weighted by molar-refractivity contribution is -0.136. The second kappa shape index (κ2) is 9.28. The summed E-state index contributed by atoms with van der Waals surface area (Å²) in [6, 6.07) is 5.23. The normalized spacial score (nSPS) is 20.7. The number of carbonyl (C=O) groups excluding carboxylic acids is 4. The Morgan fingerprint density at radius 2 is 1.58 bits per heavy atom. The van der Waals surface area contributed by atoms with Crippen LogP contribution in [0, 0.1) is 0 Å². The van der Waals surface area contributed by atoms with Crippen LogP contribution in [0.3, 0.4) is 0 Å². The van der Waals surface area contributed by atoms with E-state index in [4.69, 9.17) is 9.47 Å². The minimum Gasteiger partial charge on any atom is -0.488 e. The minimum absolute atomic E-state index is 0.149. The third-order valence-corrected chi connectivity index (χ3v) is 5.77. The highest BCUT2D eigenvalue weighted by Gasteiger charge is 2.37. The van der Waals surface area contributed by atoms with E-state index in [-0.39, 0.29) is 61.8 Å². The highest BCUT2D eigenvalue weighted by Crippen LogP contribution is 2.40. The number of hydrogen-bond acceptors (Lipinski definition) is 6. The summed E-state index contributed by atoms with van der Waals surface area (Å²) in [5.41, 5.74) is 1.64. The number of ether oxygens (including phenoxy) is 2. The number of likely N-dealkylation sites (tertiary alicyclic amines) is 1. The highest BCUT2D eigenvalue weighted by atomic mass is 16.5. The Labute approximate surface area is 191 Å². The minimum atomic E-state index is -0.292. The maximum absolute atomic E-state index is 12.4. The molecule has 0 saturated carbocycles. The van der Waals surface area contributed by atoms with Crippen LogP contribution in [0.2, 0.25) is 0 Å². The zero-order valence-corrected chi connectivity index (χ0v) is 18.1. The lowest BCUT2D eigenvalue weighted by Crippen LogP contribution is -2.31. The second-order valence-corrected chi connectivity index (χ2v) is 7.84. The Hall–Kier alpha value is -3.94. The number of hydrogen-bond donors (Lipinski definition) is 0. The van der Waals surface area contributed by atoms with Gasteiger partial charge in [0.25, 0.3) is 0 Å². The SMILES string of the molecule is C=CCOC1=C(N2C(=O)CCC2=O)CC(c2ccc(OC=C)c(N3C(=O)CCC3=O)c2)C=C1. The maximum atomic E-state index is 12.4. The summed E-state index contributed by atoms with van der Waals surface area (Å²) in [6.45, 7) is 7.44. The summed E-state index contributed by atoms with van der Waals surface area (Å²) in [5.74, 6) is -0.529. The van der Waals surface area contributed by atoms with Crippen molar-refractivity contribution in [3.05, 3.63) is 72.9 Å². The number of allylic oxidation sites excluding steroid dienone is 3. The Balaban J connectivity index is 1.70. The maximum Gasteiger partial charge on any atom is 0.234 e. The van der Waals surface area contributed by atoms with Crippen molar-refractivity contribution in [2.75, 3.05) is 11.5 Å². The van der Waals surface area contributed by atoms with Crippen LogP contribution in [0.4, 0.5) is 5.69 Å². The lowest BCUT2D eigenvalue weighted by atomic mass is 9.89. The van der Waals surface area contributed by atoms with Gasteiger partial charge < -0.3 is 9.47 Å². The Bertz CT molecular complexity index is 1080. The summed E-state index contributed by atoms with van der Waals surface area (Å²) in [5, 5.41) is 0. The Morgan fingerprint density at radius 1 is 0.939 bits per heavy atom. The molecule has 1 aliphatic carbocycles. The summed E-state index contributed by atoms with van der Waals surface area (Å²) < 4.78 is 11.2. The van der Waals surface area contributed by atoms with Crippen LogP contribution in [0.15, 0.2) is 67.3 Å². The van der Waals surface area contributed by atoms with Crippen LogP contribution in [-0.2, 0) is 23.9 Å². The number of rotatable bonds is 8. The largest absolute Gasteiger partial charge is 0.488 e. The number of imide groups is 2. The molecule has 0 N–H and O–H groups in total. The van der Waals surface area contributed by atoms with E-state index < -0.39 is 0 Å². The first-order valence-electron chi connectivity index (χ1n) is 10.7. The fraction of sp³-hybridized carbons (Fsp3) is 0.280. The molecule has 8 heteroatoms. The van der Waals surface area contributed by atoms with E-state index in [1.165, 1.54) is 11.2 Å². The zero-order chi connectivity index (χ0) is 23.5. The molecule has 0 radical (unpaired) electrons. The topological polar surface area (TPSA) is 93.2 Å².